The molecule has 1 heterocycles. The van der Waals surface area contributed by atoms with Crippen molar-refractivity contribution in [1.82, 2.24) is 4.90 Å². The maximum absolute atomic E-state index is 2.58. The van der Waals surface area contributed by atoms with Crippen molar-refractivity contribution < 1.29 is 0 Å². The van der Waals surface area contributed by atoms with E-state index in [4.69, 9.17) is 0 Å². The van der Waals surface area contributed by atoms with Crippen LogP contribution in [0.25, 0.3) is 0 Å². The van der Waals surface area contributed by atoms with Crippen molar-refractivity contribution in [2.75, 3.05) is 13.1 Å². The van der Waals surface area contributed by atoms with Crippen LogP contribution < -0.4 is 0 Å². The highest BCUT2D eigenvalue weighted by atomic mass is 15.1. The Balaban J connectivity index is 2.10. The summed E-state index contributed by atoms with van der Waals surface area (Å²) in [7, 11) is 0. The van der Waals surface area contributed by atoms with Gasteiger partial charge in [0.1, 0.15) is 0 Å². The summed E-state index contributed by atoms with van der Waals surface area (Å²) in [6.45, 7) is 7.06. The minimum absolute atomic E-state index is 0.708. The normalized spacial score (nSPS) is 23.9. The summed E-state index contributed by atoms with van der Waals surface area (Å²) in [6.07, 6.45) is 8.49. The molecule has 1 nitrogen and oxygen atoms in total. The Morgan fingerprint density at radius 2 is 2.15 bits per heavy atom. The van der Waals surface area contributed by atoms with Crippen LogP contribution in [0.1, 0.15) is 33.1 Å². The van der Waals surface area contributed by atoms with Crippen LogP contribution in [0.3, 0.4) is 0 Å². The number of rotatable bonds is 1. The third kappa shape index (κ3) is 1.86. The first-order valence-electron chi connectivity index (χ1n) is 5.39. The smallest absolute Gasteiger partial charge is 0.0201 e. The molecule has 0 unspecified atom stereocenters. The van der Waals surface area contributed by atoms with Crippen molar-refractivity contribution in [2.24, 2.45) is 0 Å². The maximum atomic E-state index is 2.58. The third-order valence-corrected chi connectivity index (χ3v) is 3.18. The fourth-order valence-corrected chi connectivity index (χ4v) is 2.23. The van der Waals surface area contributed by atoms with E-state index < -0.39 is 0 Å². The predicted molar refractivity (Wildman–Crippen MR) is 56.7 cm³/mol. The molecule has 0 atom stereocenters. The van der Waals surface area contributed by atoms with E-state index in [-0.39, 0.29) is 0 Å². The van der Waals surface area contributed by atoms with E-state index in [9.17, 15) is 0 Å². The van der Waals surface area contributed by atoms with Gasteiger partial charge < -0.3 is 0 Å². The zero-order chi connectivity index (χ0) is 9.26. The van der Waals surface area contributed by atoms with Gasteiger partial charge in [0.15, 0.2) is 0 Å². The Morgan fingerprint density at radius 1 is 1.31 bits per heavy atom. The molecule has 13 heavy (non-hydrogen) atoms. The van der Waals surface area contributed by atoms with Crippen LogP contribution in [0.4, 0.5) is 0 Å². The molecular weight excluding hydrogens is 158 g/mol. The van der Waals surface area contributed by atoms with E-state index in [1.165, 1.54) is 32.4 Å². The van der Waals surface area contributed by atoms with Crippen LogP contribution >= 0.6 is 0 Å². The zero-order valence-electron chi connectivity index (χ0n) is 8.71. The van der Waals surface area contributed by atoms with Crippen LogP contribution in [0.2, 0.25) is 0 Å². The molecule has 0 bridgehead atoms. The van der Waals surface area contributed by atoms with Crippen molar-refractivity contribution >= 4 is 0 Å². The molecule has 0 saturated heterocycles. The van der Waals surface area contributed by atoms with Gasteiger partial charge in [-0.2, -0.15) is 0 Å². The van der Waals surface area contributed by atoms with Crippen molar-refractivity contribution in [3.8, 4) is 0 Å². The van der Waals surface area contributed by atoms with Crippen LogP contribution in [0, 0.1) is 0 Å². The highest BCUT2D eigenvalue weighted by Crippen LogP contribution is 2.27. The van der Waals surface area contributed by atoms with E-state index in [2.05, 4.69) is 30.9 Å². The number of hydrogen-bond donors (Lipinski definition) is 0. The molecular formula is C12H19N. The van der Waals surface area contributed by atoms with Gasteiger partial charge in [0.25, 0.3) is 0 Å². The lowest BCUT2D eigenvalue weighted by Gasteiger charge is -2.34. The quantitative estimate of drug-likeness (QED) is 0.595. The first kappa shape index (κ1) is 9.01. The molecule has 0 aromatic rings. The topological polar surface area (TPSA) is 3.24 Å². The average molecular weight is 177 g/mol. The number of hydrogen-bond acceptors (Lipinski definition) is 1. The lowest BCUT2D eigenvalue weighted by Crippen LogP contribution is -2.37. The second-order valence-electron chi connectivity index (χ2n) is 4.38. The van der Waals surface area contributed by atoms with E-state index in [0.29, 0.717) is 6.04 Å². The molecule has 1 heteroatoms. The van der Waals surface area contributed by atoms with Gasteiger partial charge in [-0.15, -0.1) is 0 Å². The van der Waals surface area contributed by atoms with Crippen LogP contribution in [0.15, 0.2) is 23.3 Å². The molecule has 0 radical (unpaired) electrons. The molecule has 1 aliphatic carbocycles. The van der Waals surface area contributed by atoms with E-state index in [1.54, 1.807) is 11.1 Å². The molecule has 0 spiro atoms. The van der Waals surface area contributed by atoms with Gasteiger partial charge in [-0.05, 0) is 38.7 Å². The van der Waals surface area contributed by atoms with Crippen LogP contribution in [0.5, 0.6) is 0 Å². The van der Waals surface area contributed by atoms with E-state index in [0.717, 1.165) is 0 Å². The minimum Gasteiger partial charge on any atom is -0.297 e. The van der Waals surface area contributed by atoms with Crippen LogP contribution in [-0.4, -0.2) is 24.0 Å². The molecule has 2 rings (SSSR count). The van der Waals surface area contributed by atoms with Gasteiger partial charge in [-0.1, -0.05) is 17.7 Å². The fourth-order valence-electron chi connectivity index (χ4n) is 2.23. The Morgan fingerprint density at radius 3 is 2.92 bits per heavy atom. The van der Waals surface area contributed by atoms with Gasteiger partial charge in [0, 0.05) is 19.1 Å². The fraction of sp³-hybridized carbons (Fsp3) is 0.667. The SMILES string of the molecule is CC(C)N1CCC2=C(CCC=C2)C1. The Bertz CT molecular complexity index is 248. The summed E-state index contributed by atoms with van der Waals surface area (Å²) in [4.78, 5) is 2.58. The Labute approximate surface area is 81.1 Å². The van der Waals surface area contributed by atoms with Gasteiger partial charge in [0.05, 0.1) is 0 Å². The summed E-state index contributed by atoms with van der Waals surface area (Å²) in [5.41, 5.74) is 3.32. The lowest BCUT2D eigenvalue weighted by molar-refractivity contribution is 0.230. The highest BCUT2D eigenvalue weighted by Gasteiger charge is 2.20. The molecule has 0 aromatic heterocycles. The van der Waals surface area contributed by atoms with E-state index >= 15 is 0 Å². The summed E-state index contributed by atoms with van der Waals surface area (Å²) in [5, 5.41) is 0. The van der Waals surface area contributed by atoms with Crippen molar-refractivity contribution in [3.63, 3.8) is 0 Å². The molecule has 2 aliphatic rings. The molecule has 72 valence electrons. The monoisotopic (exact) mass is 177 g/mol. The maximum Gasteiger partial charge on any atom is 0.0201 e. The third-order valence-electron chi connectivity index (χ3n) is 3.18. The highest BCUT2D eigenvalue weighted by molar-refractivity contribution is 5.32. The predicted octanol–water partition coefficient (Wildman–Crippen LogP) is 2.75. The van der Waals surface area contributed by atoms with Crippen molar-refractivity contribution in [3.05, 3.63) is 23.3 Å². The molecule has 1 aliphatic heterocycles. The van der Waals surface area contributed by atoms with Gasteiger partial charge in [0.2, 0.25) is 0 Å². The lowest BCUT2D eigenvalue weighted by atomic mass is 9.91. The average Bonchev–Trinajstić information content (AvgIpc) is 2.17. The second-order valence-corrected chi connectivity index (χ2v) is 4.38. The first-order chi connectivity index (χ1) is 6.27. The summed E-state index contributed by atoms with van der Waals surface area (Å²) < 4.78 is 0. The largest absolute Gasteiger partial charge is 0.297 e. The molecule has 0 N–H and O–H groups in total. The second kappa shape index (κ2) is 3.67. The zero-order valence-corrected chi connectivity index (χ0v) is 8.71. The van der Waals surface area contributed by atoms with E-state index in [1.807, 2.05) is 0 Å². The van der Waals surface area contributed by atoms with Crippen molar-refractivity contribution in [1.29, 1.82) is 0 Å². The Kier molecular flexibility index (Phi) is 2.54. The molecule has 0 saturated carbocycles. The van der Waals surface area contributed by atoms with Crippen molar-refractivity contribution in [2.45, 2.75) is 39.2 Å². The number of nitrogens with zero attached hydrogens (tertiary/aromatic N) is 1. The first-order valence-corrected chi connectivity index (χ1v) is 5.39. The summed E-state index contributed by atoms with van der Waals surface area (Å²) in [6, 6.07) is 0.708. The number of allylic oxidation sites excluding steroid dienone is 2. The molecule has 0 amide bonds. The van der Waals surface area contributed by atoms with Gasteiger partial charge in [-0.25, -0.2) is 0 Å². The minimum atomic E-state index is 0.708. The van der Waals surface area contributed by atoms with Gasteiger partial charge in [-0.3, -0.25) is 4.90 Å². The Hall–Kier alpha value is -0.560. The molecule has 0 fully saturated rings. The summed E-state index contributed by atoms with van der Waals surface area (Å²) in [5.74, 6) is 0. The van der Waals surface area contributed by atoms with Crippen LogP contribution in [-0.2, 0) is 0 Å². The summed E-state index contributed by atoms with van der Waals surface area (Å²) >= 11 is 0. The van der Waals surface area contributed by atoms with Gasteiger partial charge >= 0.3 is 0 Å². The standard InChI is InChI=1S/C12H19N/c1-10(2)13-8-7-11-5-3-4-6-12(11)9-13/h3,5,10H,4,6-9H2,1-2H3. The molecule has 0 aromatic carbocycles.